The Morgan fingerprint density at radius 3 is 1.04 bits per heavy atom. The van der Waals surface area contributed by atoms with Crippen molar-refractivity contribution in [2.24, 2.45) is 0 Å². The van der Waals surface area contributed by atoms with E-state index in [1.54, 1.807) is 0 Å². The fourth-order valence-electron chi connectivity index (χ4n) is 5.64. The lowest BCUT2D eigenvalue weighted by Crippen LogP contribution is -2.45. The second-order valence-electron chi connectivity index (χ2n) is 12.7. The summed E-state index contributed by atoms with van der Waals surface area (Å²) in [6.07, 6.45) is 1.25. The molecule has 0 amide bonds. The van der Waals surface area contributed by atoms with Crippen LogP contribution in [0.1, 0.15) is 40.0 Å². The van der Waals surface area contributed by atoms with Crippen molar-refractivity contribution in [3.05, 3.63) is 109 Å². The van der Waals surface area contributed by atoms with Gasteiger partial charge in [0.1, 0.15) is 17.2 Å². The summed E-state index contributed by atoms with van der Waals surface area (Å²) < 4.78 is 0. The van der Waals surface area contributed by atoms with E-state index >= 15 is 0 Å². The van der Waals surface area contributed by atoms with Crippen LogP contribution in [0.25, 0.3) is 32.3 Å². The van der Waals surface area contributed by atoms with Crippen molar-refractivity contribution in [2.75, 3.05) is 60.5 Å². The maximum absolute atomic E-state index is 9.88. The molecule has 6 aromatic rings. The molecule has 0 atom stereocenters. The highest BCUT2D eigenvalue weighted by Gasteiger charge is 2.28. The van der Waals surface area contributed by atoms with E-state index in [-0.39, 0.29) is 37.0 Å². The van der Waals surface area contributed by atoms with Gasteiger partial charge in [0.05, 0.1) is 0 Å². The van der Waals surface area contributed by atoms with Gasteiger partial charge in [-0.2, -0.15) is 0 Å². The highest BCUT2D eigenvalue weighted by Crippen LogP contribution is 2.38. The minimum atomic E-state index is -0.280. The van der Waals surface area contributed by atoms with E-state index in [0.717, 1.165) is 62.8 Å². The first kappa shape index (κ1) is 45.2. The predicted molar refractivity (Wildman–Crippen MR) is 230 cm³/mol. The number of ketones is 2. The Balaban J connectivity index is 0.000000248. The number of benzene rings is 6. The summed E-state index contributed by atoms with van der Waals surface area (Å²) in [5.41, 5.74) is 28.1. The van der Waals surface area contributed by atoms with E-state index in [9.17, 15) is 9.59 Å². The SMILES string of the molecule is CC(=O)CCO.CC(=O)CCO.CC1(CCO)Nc2cccc3cccc(c23)N1.CO.Nc1cccc2cccc(N)c12.Nc1cccc2cccc(N)c12. The van der Waals surface area contributed by atoms with Gasteiger partial charge in [0.15, 0.2) is 0 Å². The number of aliphatic hydroxyl groups excluding tert-OH is 4. The van der Waals surface area contributed by atoms with Crippen LogP contribution in [0, 0.1) is 0 Å². The van der Waals surface area contributed by atoms with Gasteiger partial charge in [0.2, 0.25) is 0 Å². The molecule has 55 heavy (non-hydrogen) atoms. The summed E-state index contributed by atoms with van der Waals surface area (Å²) in [5, 5.41) is 45.7. The first-order valence-corrected chi connectivity index (χ1v) is 17.7. The number of nitrogens with two attached hydrogens (primary N) is 4. The fourth-order valence-corrected chi connectivity index (χ4v) is 5.64. The molecule has 0 aromatic heterocycles. The van der Waals surface area contributed by atoms with E-state index in [1.165, 1.54) is 24.6 Å². The van der Waals surface area contributed by atoms with Crippen LogP contribution in [0.2, 0.25) is 0 Å². The van der Waals surface area contributed by atoms with Crippen LogP contribution in [0.4, 0.5) is 34.1 Å². The van der Waals surface area contributed by atoms with Gasteiger partial charge in [0, 0.05) is 96.5 Å². The number of fused-ring (bicyclic) bond motifs is 2. The summed E-state index contributed by atoms with van der Waals surface area (Å²) in [6.45, 7) is 5.10. The highest BCUT2D eigenvalue weighted by molar-refractivity contribution is 6.05. The molecule has 7 rings (SSSR count). The molecular formula is C43H56N6O6. The van der Waals surface area contributed by atoms with E-state index in [0.29, 0.717) is 19.3 Å². The van der Waals surface area contributed by atoms with Crippen LogP contribution in [0.3, 0.4) is 0 Å². The van der Waals surface area contributed by atoms with Crippen molar-refractivity contribution in [3.63, 3.8) is 0 Å². The molecule has 0 radical (unpaired) electrons. The maximum atomic E-state index is 9.88. The monoisotopic (exact) mass is 752 g/mol. The van der Waals surface area contributed by atoms with Gasteiger partial charge in [-0.15, -0.1) is 0 Å². The van der Waals surface area contributed by atoms with Crippen molar-refractivity contribution in [1.29, 1.82) is 0 Å². The average molecular weight is 753 g/mol. The Kier molecular flexibility index (Phi) is 18.9. The van der Waals surface area contributed by atoms with Gasteiger partial charge in [-0.05, 0) is 73.3 Å². The molecule has 0 saturated heterocycles. The Morgan fingerprint density at radius 2 is 0.800 bits per heavy atom. The summed E-state index contributed by atoms with van der Waals surface area (Å²) >= 11 is 0. The second kappa shape index (κ2) is 23.0. The minimum Gasteiger partial charge on any atom is -0.400 e. The number of nitrogen functional groups attached to an aromatic ring is 4. The number of aliphatic hydroxyl groups is 4. The number of hydrogen-bond donors (Lipinski definition) is 10. The normalized spacial score (nSPS) is 11.5. The van der Waals surface area contributed by atoms with Gasteiger partial charge < -0.3 is 54.0 Å². The molecule has 14 N–H and O–H groups in total. The molecule has 1 heterocycles. The topological polar surface area (TPSA) is 243 Å². The van der Waals surface area contributed by atoms with E-state index in [4.69, 9.17) is 43.4 Å². The molecule has 0 aliphatic carbocycles. The van der Waals surface area contributed by atoms with Crippen LogP contribution >= 0.6 is 0 Å². The van der Waals surface area contributed by atoms with E-state index in [1.807, 2.05) is 72.8 Å². The van der Waals surface area contributed by atoms with Crippen LogP contribution in [-0.2, 0) is 9.59 Å². The maximum Gasteiger partial charge on any atom is 0.132 e. The van der Waals surface area contributed by atoms with Crippen LogP contribution < -0.4 is 33.6 Å². The Bertz CT molecular complexity index is 1910. The van der Waals surface area contributed by atoms with Gasteiger partial charge in [-0.25, -0.2) is 0 Å². The molecule has 12 heteroatoms. The Hall–Kier alpha value is -5.92. The molecule has 0 saturated carbocycles. The smallest absolute Gasteiger partial charge is 0.132 e. The third-order valence-corrected chi connectivity index (χ3v) is 8.20. The van der Waals surface area contributed by atoms with Crippen molar-refractivity contribution in [3.8, 4) is 0 Å². The second-order valence-corrected chi connectivity index (χ2v) is 12.7. The Labute approximate surface area is 322 Å². The predicted octanol–water partition coefficient (Wildman–Crippen LogP) is 6.31. The molecule has 0 bridgehead atoms. The number of nitrogens with one attached hydrogen (secondary N) is 2. The lowest BCUT2D eigenvalue weighted by Gasteiger charge is -2.38. The summed E-state index contributed by atoms with van der Waals surface area (Å²) in [5.74, 6) is 0.0787. The molecule has 12 nitrogen and oxygen atoms in total. The Morgan fingerprint density at radius 1 is 0.509 bits per heavy atom. The zero-order valence-corrected chi connectivity index (χ0v) is 32.0. The third-order valence-electron chi connectivity index (χ3n) is 8.20. The van der Waals surface area contributed by atoms with Crippen LogP contribution in [0.15, 0.2) is 109 Å². The van der Waals surface area contributed by atoms with Gasteiger partial charge >= 0.3 is 0 Å². The first-order chi connectivity index (χ1) is 26.3. The molecule has 1 aliphatic heterocycles. The summed E-state index contributed by atoms with van der Waals surface area (Å²) in [4.78, 5) is 19.8. The molecule has 6 aromatic carbocycles. The van der Waals surface area contributed by atoms with Crippen LogP contribution in [-0.4, -0.2) is 64.6 Å². The minimum absolute atomic E-state index is 0.0185. The largest absolute Gasteiger partial charge is 0.400 e. The molecule has 0 spiro atoms. The van der Waals surface area contributed by atoms with Gasteiger partial charge in [-0.1, -0.05) is 72.8 Å². The number of rotatable bonds is 6. The fraction of sp³-hybridized carbons (Fsp3) is 0.256. The standard InChI is InChI=1S/C14H16N2O.2C10H10N2.2C4H8O2.CH4O/c1-14(8-9-17)15-11-6-2-4-10-5-3-7-12(16-14)13(10)11;2*11-8-5-1-3-7-4-2-6-9(12)10(7)8;2*1-4(6)2-3-5;1-2/h2-7,15-17H,8-9H2,1H3;2*1-6H,11-12H2;2*5H,2-3H2,1H3;2H,1H3. The zero-order chi connectivity index (χ0) is 41.0. The number of carbonyl (C=O) groups is 2. The van der Waals surface area contributed by atoms with Crippen molar-refractivity contribution >= 4 is 78.0 Å². The number of Topliss-reactive ketones (excluding diaryl/α,β-unsaturated/α-hetero) is 2. The van der Waals surface area contributed by atoms with E-state index < -0.39 is 0 Å². The highest BCUT2D eigenvalue weighted by atomic mass is 16.3. The lowest BCUT2D eigenvalue weighted by molar-refractivity contribution is -0.118. The van der Waals surface area contributed by atoms with Crippen molar-refractivity contribution in [1.82, 2.24) is 0 Å². The lowest BCUT2D eigenvalue weighted by atomic mass is 9.98. The zero-order valence-electron chi connectivity index (χ0n) is 32.0. The first-order valence-electron chi connectivity index (χ1n) is 17.7. The van der Waals surface area contributed by atoms with E-state index in [2.05, 4.69) is 54.0 Å². The van der Waals surface area contributed by atoms with Gasteiger partial charge in [-0.3, -0.25) is 9.59 Å². The third kappa shape index (κ3) is 13.8. The van der Waals surface area contributed by atoms with Crippen molar-refractivity contribution in [2.45, 2.75) is 45.7 Å². The molecule has 294 valence electrons. The molecule has 0 unspecified atom stereocenters. The quantitative estimate of drug-likeness (QED) is 0.0842. The van der Waals surface area contributed by atoms with Gasteiger partial charge in [0.25, 0.3) is 0 Å². The number of hydrogen-bond acceptors (Lipinski definition) is 12. The number of carbonyl (C=O) groups excluding carboxylic acids is 2. The number of anilines is 6. The average Bonchev–Trinajstić information content (AvgIpc) is 3.14. The van der Waals surface area contributed by atoms with Crippen molar-refractivity contribution < 1.29 is 30.0 Å². The summed E-state index contributed by atoms with van der Waals surface area (Å²) in [6, 6.07) is 35.7. The molecule has 0 fully saturated rings. The molecular weight excluding hydrogens is 697 g/mol. The summed E-state index contributed by atoms with van der Waals surface area (Å²) in [7, 11) is 1.00. The van der Waals surface area contributed by atoms with Crippen LogP contribution in [0.5, 0.6) is 0 Å². The molecule has 1 aliphatic rings.